The van der Waals surface area contributed by atoms with Gasteiger partial charge in [-0.1, -0.05) is 20.3 Å². The lowest BCUT2D eigenvalue weighted by Crippen LogP contribution is -2.47. The number of ether oxygens (including phenoxy) is 2. The van der Waals surface area contributed by atoms with Crippen LogP contribution in [-0.4, -0.2) is 41.8 Å². The zero-order chi connectivity index (χ0) is 18.2. The molecule has 1 amide bonds. The van der Waals surface area contributed by atoms with Crippen molar-refractivity contribution in [1.29, 1.82) is 0 Å². The van der Waals surface area contributed by atoms with E-state index in [2.05, 4.69) is 15.5 Å². The number of carbonyl (C=O) groups is 2. The fraction of sp³-hybridized carbons (Fsp3) is 0.412. The molecule has 0 saturated heterocycles. The van der Waals surface area contributed by atoms with Crippen molar-refractivity contribution in [3.05, 3.63) is 30.7 Å². The lowest BCUT2D eigenvalue weighted by molar-refractivity contribution is -0.146. The van der Waals surface area contributed by atoms with Crippen molar-refractivity contribution in [1.82, 2.24) is 15.5 Å². The summed E-state index contributed by atoms with van der Waals surface area (Å²) in [6.07, 6.45) is 1.98. The molecule has 1 aromatic carbocycles. The van der Waals surface area contributed by atoms with Crippen LogP contribution >= 0.6 is 0 Å². The molecule has 0 bridgehead atoms. The Hall–Kier alpha value is -2.90. The second kappa shape index (κ2) is 8.81. The number of nitrogens with one attached hydrogen (secondary N) is 1. The van der Waals surface area contributed by atoms with Crippen LogP contribution in [0.4, 0.5) is 0 Å². The van der Waals surface area contributed by atoms with Gasteiger partial charge in [0.05, 0.1) is 7.11 Å². The number of methoxy groups -OCH3 is 1. The van der Waals surface area contributed by atoms with E-state index in [1.54, 1.807) is 24.3 Å². The Morgan fingerprint density at radius 3 is 2.56 bits per heavy atom. The Morgan fingerprint density at radius 1 is 1.28 bits per heavy atom. The van der Waals surface area contributed by atoms with Gasteiger partial charge in [-0.25, -0.2) is 4.79 Å². The molecule has 1 N–H and O–H groups in total. The average molecular weight is 347 g/mol. The van der Waals surface area contributed by atoms with Crippen molar-refractivity contribution in [3.63, 3.8) is 0 Å². The van der Waals surface area contributed by atoms with Crippen LogP contribution in [-0.2, 0) is 14.3 Å². The highest BCUT2D eigenvalue weighted by Crippen LogP contribution is 2.20. The largest absolute Gasteiger partial charge is 0.484 e. The second-order valence-electron chi connectivity index (χ2n) is 5.51. The molecule has 0 aliphatic heterocycles. The quantitative estimate of drug-likeness (QED) is 0.726. The molecule has 0 unspecified atom stereocenters. The average Bonchev–Trinajstić information content (AvgIpc) is 3.18. The van der Waals surface area contributed by atoms with Crippen molar-refractivity contribution < 1.29 is 23.5 Å². The van der Waals surface area contributed by atoms with Crippen molar-refractivity contribution in [2.75, 3.05) is 13.7 Å². The molecule has 0 saturated carbocycles. The molecule has 25 heavy (non-hydrogen) atoms. The number of rotatable bonds is 8. The summed E-state index contributed by atoms with van der Waals surface area (Å²) < 4.78 is 15.3. The van der Waals surface area contributed by atoms with Crippen LogP contribution < -0.4 is 10.1 Å². The Kier molecular flexibility index (Phi) is 6.50. The fourth-order valence-electron chi connectivity index (χ4n) is 2.15. The van der Waals surface area contributed by atoms with Crippen molar-refractivity contribution in [2.24, 2.45) is 5.92 Å². The molecule has 2 rings (SSSR count). The summed E-state index contributed by atoms with van der Waals surface area (Å²) in [4.78, 5) is 23.8. The number of hydrogen-bond acceptors (Lipinski definition) is 7. The van der Waals surface area contributed by atoms with Gasteiger partial charge < -0.3 is 19.2 Å². The highest BCUT2D eigenvalue weighted by Gasteiger charge is 2.26. The van der Waals surface area contributed by atoms with Gasteiger partial charge in [0.2, 0.25) is 12.3 Å². The smallest absolute Gasteiger partial charge is 0.328 e. The van der Waals surface area contributed by atoms with E-state index in [0.717, 1.165) is 12.0 Å². The van der Waals surface area contributed by atoms with Gasteiger partial charge in [-0.3, -0.25) is 4.79 Å². The third-order valence-electron chi connectivity index (χ3n) is 3.82. The minimum atomic E-state index is -0.689. The topological polar surface area (TPSA) is 104 Å². The van der Waals surface area contributed by atoms with Gasteiger partial charge in [0, 0.05) is 5.56 Å². The number of esters is 1. The van der Waals surface area contributed by atoms with Crippen LogP contribution in [0.1, 0.15) is 20.3 Å². The zero-order valence-electron chi connectivity index (χ0n) is 14.4. The molecule has 1 aromatic heterocycles. The van der Waals surface area contributed by atoms with E-state index >= 15 is 0 Å². The molecule has 0 fully saturated rings. The van der Waals surface area contributed by atoms with E-state index in [1.165, 1.54) is 13.5 Å². The molecule has 8 nitrogen and oxygen atoms in total. The molecular formula is C17H21N3O5. The lowest BCUT2D eigenvalue weighted by atomic mass is 9.99. The van der Waals surface area contributed by atoms with Gasteiger partial charge in [-0.05, 0) is 30.2 Å². The number of amides is 1. The summed E-state index contributed by atoms with van der Waals surface area (Å²) in [5.41, 5.74) is 0.747. The summed E-state index contributed by atoms with van der Waals surface area (Å²) in [6, 6.07) is 6.19. The maximum absolute atomic E-state index is 12.0. The van der Waals surface area contributed by atoms with Gasteiger partial charge >= 0.3 is 5.97 Å². The van der Waals surface area contributed by atoms with Crippen LogP contribution in [0.25, 0.3) is 11.5 Å². The first-order chi connectivity index (χ1) is 12.0. The molecule has 0 aliphatic carbocycles. The first kappa shape index (κ1) is 18.4. The number of benzene rings is 1. The summed E-state index contributed by atoms with van der Waals surface area (Å²) in [5.74, 6) is 0.0173. The maximum atomic E-state index is 12.0. The van der Waals surface area contributed by atoms with Gasteiger partial charge in [0.1, 0.15) is 11.8 Å². The predicted molar refractivity (Wildman–Crippen MR) is 88.6 cm³/mol. The molecule has 8 heteroatoms. The molecule has 0 aliphatic rings. The Bertz CT molecular complexity index is 685. The summed E-state index contributed by atoms with van der Waals surface area (Å²) in [5, 5.41) is 10.1. The minimum absolute atomic E-state index is 0.0370. The first-order valence-electron chi connectivity index (χ1n) is 7.91. The maximum Gasteiger partial charge on any atom is 0.328 e. The molecule has 0 radical (unpaired) electrons. The van der Waals surface area contributed by atoms with Crippen LogP contribution in [0.2, 0.25) is 0 Å². The normalized spacial score (nSPS) is 12.9. The minimum Gasteiger partial charge on any atom is -0.484 e. The van der Waals surface area contributed by atoms with Crippen LogP contribution in [0.5, 0.6) is 5.75 Å². The number of aromatic nitrogens is 2. The van der Waals surface area contributed by atoms with E-state index in [0.29, 0.717) is 11.6 Å². The van der Waals surface area contributed by atoms with E-state index in [1.807, 2.05) is 13.8 Å². The Morgan fingerprint density at radius 2 is 2.00 bits per heavy atom. The summed E-state index contributed by atoms with van der Waals surface area (Å²) in [6.45, 7) is 3.61. The number of hydrogen-bond donors (Lipinski definition) is 1. The van der Waals surface area contributed by atoms with Gasteiger partial charge in [-0.2, -0.15) is 0 Å². The van der Waals surface area contributed by atoms with Crippen LogP contribution in [0.15, 0.2) is 35.1 Å². The van der Waals surface area contributed by atoms with Crippen LogP contribution in [0, 0.1) is 5.92 Å². The highest BCUT2D eigenvalue weighted by molar-refractivity contribution is 5.85. The van der Waals surface area contributed by atoms with Crippen molar-refractivity contribution >= 4 is 11.9 Å². The SMILES string of the molecule is CC[C@H](C)[C@@H](NC(=O)COc1ccc(-c2nnco2)cc1)C(=O)OC. The second-order valence-corrected chi connectivity index (χ2v) is 5.51. The van der Waals surface area contributed by atoms with Crippen LogP contribution in [0.3, 0.4) is 0 Å². The standard InChI is InChI=1S/C17H21N3O5/c1-4-11(2)15(17(22)23-3)19-14(21)9-24-13-7-5-12(6-8-13)16-20-18-10-25-16/h5-8,10-11,15H,4,9H2,1-3H3,(H,19,21)/t11-,15+/m0/s1. The lowest BCUT2D eigenvalue weighted by Gasteiger charge is -2.21. The predicted octanol–water partition coefficient (Wildman–Crippen LogP) is 1.82. The number of nitrogens with zero attached hydrogens (tertiary/aromatic N) is 2. The van der Waals surface area contributed by atoms with E-state index in [9.17, 15) is 9.59 Å². The first-order valence-corrected chi connectivity index (χ1v) is 7.91. The molecule has 134 valence electrons. The van der Waals surface area contributed by atoms with Gasteiger partial charge in [0.15, 0.2) is 6.61 Å². The highest BCUT2D eigenvalue weighted by atomic mass is 16.5. The van der Waals surface area contributed by atoms with Gasteiger partial charge in [-0.15, -0.1) is 10.2 Å². The third-order valence-corrected chi connectivity index (χ3v) is 3.82. The fourth-order valence-corrected chi connectivity index (χ4v) is 2.15. The molecule has 0 spiro atoms. The van der Waals surface area contributed by atoms with Gasteiger partial charge in [0.25, 0.3) is 5.91 Å². The monoisotopic (exact) mass is 347 g/mol. The van der Waals surface area contributed by atoms with Crippen molar-refractivity contribution in [3.8, 4) is 17.2 Å². The summed E-state index contributed by atoms with van der Waals surface area (Å²) in [7, 11) is 1.30. The van der Waals surface area contributed by atoms with Crippen molar-refractivity contribution in [2.45, 2.75) is 26.3 Å². The molecule has 2 aromatic rings. The van der Waals surface area contributed by atoms with E-state index in [-0.39, 0.29) is 12.5 Å². The van der Waals surface area contributed by atoms with E-state index in [4.69, 9.17) is 13.9 Å². The molecular weight excluding hydrogens is 326 g/mol. The van der Waals surface area contributed by atoms with E-state index < -0.39 is 17.9 Å². The number of carbonyl (C=O) groups excluding carboxylic acids is 2. The Balaban J connectivity index is 1.89. The summed E-state index contributed by atoms with van der Waals surface area (Å²) >= 11 is 0. The third kappa shape index (κ3) is 5.03. The molecule has 1 heterocycles. The Labute approximate surface area is 145 Å². The zero-order valence-corrected chi connectivity index (χ0v) is 14.4. The molecule has 2 atom stereocenters.